The third-order valence-electron chi connectivity index (χ3n) is 6.06. The molecule has 3 rings (SSSR count). The van der Waals surface area contributed by atoms with Crippen LogP contribution >= 0.6 is 0 Å². The molecule has 1 heterocycles. The Balaban J connectivity index is 1.55. The number of aromatic nitrogens is 2. The van der Waals surface area contributed by atoms with E-state index in [1.807, 2.05) is 19.9 Å². The number of imidazole rings is 1. The Kier molecular flexibility index (Phi) is 7.85. The van der Waals surface area contributed by atoms with Crippen molar-refractivity contribution < 1.29 is 9.13 Å². The van der Waals surface area contributed by atoms with Gasteiger partial charge in [-0.1, -0.05) is 18.9 Å². The molecule has 0 amide bonds. The minimum Gasteiger partial charge on any atom is -0.382 e. The van der Waals surface area contributed by atoms with Crippen molar-refractivity contribution in [2.75, 3.05) is 26.8 Å². The summed E-state index contributed by atoms with van der Waals surface area (Å²) < 4.78 is 22.0. The first-order valence-electron chi connectivity index (χ1n) is 10.9. The molecule has 0 spiro atoms. The highest BCUT2D eigenvalue weighted by Crippen LogP contribution is 2.40. The largest absolute Gasteiger partial charge is 0.382 e. The standard InChI is InChI=1S/C23H34FN5O/c1-4-30-14-11-23(9-5-6-10-23)17-28-22(25-3)27-16-19-7-8-21(20(24)15-19)29-13-12-26-18(29)2/h7-8,12-13,15H,4-6,9-11,14,16-17H2,1-3H3,(H2,25,27,28). The van der Waals surface area contributed by atoms with E-state index >= 15 is 0 Å². The molecule has 164 valence electrons. The molecule has 1 aromatic heterocycles. The second kappa shape index (κ2) is 10.6. The van der Waals surface area contributed by atoms with Crippen LogP contribution in [0.2, 0.25) is 0 Å². The van der Waals surface area contributed by atoms with Gasteiger partial charge < -0.3 is 19.9 Å². The van der Waals surface area contributed by atoms with Gasteiger partial charge in [-0.2, -0.15) is 0 Å². The Morgan fingerprint density at radius 3 is 2.73 bits per heavy atom. The minimum absolute atomic E-state index is 0.265. The van der Waals surface area contributed by atoms with E-state index in [0.717, 1.165) is 43.5 Å². The topological polar surface area (TPSA) is 63.5 Å². The van der Waals surface area contributed by atoms with Crippen molar-refractivity contribution in [2.24, 2.45) is 10.4 Å². The van der Waals surface area contributed by atoms with Crippen molar-refractivity contribution in [1.82, 2.24) is 20.2 Å². The average molecular weight is 416 g/mol. The monoisotopic (exact) mass is 415 g/mol. The van der Waals surface area contributed by atoms with Crippen LogP contribution in [0, 0.1) is 18.2 Å². The summed E-state index contributed by atoms with van der Waals surface area (Å²) in [5.74, 6) is 1.24. The molecule has 7 heteroatoms. The summed E-state index contributed by atoms with van der Waals surface area (Å²) in [6.45, 7) is 6.86. The number of nitrogens with zero attached hydrogens (tertiary/aromatic N) is 3. The lowest BCUT2D eigenvalue weighted by molar-refractivity contribution is 0.105. The van der Waals surface area contributed by atoms with E-state index in [9.17, 15) is 4.39 Å². The zero-order chi connectivity index (χ0) is 21.4. The van der Waals surface area contributed by atoms with E-state index in [4.69, 9.17) is 4.74 Å². The summed E-state index contributed by atoms with van der Waals surface area (Å²) >= 11 is 0. The smallest absolute Gasteiger partial charge is 0.191 e. The zero-order valence-corrected chi connectivity index (χ0v) is 18.4. The zero-order valence-electron chi connectivity index (χ0n) is 18.4. The molecule has 0 atom stereocenters. The number of ether oxygens (including phenoxy) is 1. The predicted molar refractivity (Wildman–Crippen MR) is 118 cm³/mol. The van der Waals surface area contributed by atoms with Crippen molar-refractivity contribution in [1.29, 1.82) is 0 Å². The molecule has 30 heavy (non-hydrogen) atoms. The van der Waals surface area contributed by atoms with Gasteiger partial charge in [0.2, 0.25) is 0 Å². The molecule has 0 unspecified atom stereocenters. The summed E-state index contributed by atoms with van der Waals surface area (Å²) in [7, 11) is 1.77. The lowest BCUT2D eigenvalue weighted by atomic mass is 9.83. The summed E-state index contributed by atoms with van der Waals surface area (Å²) in [6, 6.07) is 5.28. The van der Waals surface area contributed by atoms with Crippen molar-refractivity contribution >= 4 is 5.96 Å². The fraction of sp³-hybridized carbons (Fsp3) is 0.565. The average Bonchev–Trinajstić information content (AvgIpc) is 3.38. The van der Waals surface area contributed by atoms with Gasteiger partial charge >= 0.3 is 0 Å². The molecule has 1 aliphatic rings. The Bertz CT molecular complexity index is 842. The molecule has 1 saturated carbocycles. The van der Waals surface area contributed by atoms with Crippen LogP contribution in [0.15, 0.2) is 35.6 Å². The SMILES string of the molecule is CCOCCC1(CNC(=NC)NCc2ccc(-n3ccnc3C)c(F)c2)CCCC1. The molecule has 0 saturated heterocycles. The first kappa shape index (κ1) is 22.3. The van der Waals surface area contributed by atoms with Crippen molar-refractivity contribution in [3.05, 3.63) is 47.8 Å². The summed E-state index contributed by atoms with van der Waals surface area (Å²) in [5, 5.41) is 6.79. The number of benzene rings is 1. The number of nitrogens with one attached hydrogen (secondary N) is 2. The second-order valence-corrected chi connectivity index (χ2v) is 8.06. The quantitative estimate of drug-likeness (QED) is 0.370. The minimum atomic E-state index is -0.265. The van der Waals surface area contributed by atoms with Crippen LogP contribution in [0.5, 0.6) is 0 Å². The first-order chi connectivity index (χ1) is 14.6. The number of aliphatic imine (C=N–C) groups is 1. The predicted octanol–water partition coefficient (Wildman–Crippen LogP) is 3.97. The van der Waals surface area contributed by atoms with E-state index in [0.29, 0.717) is 12.2 Å². The maximum Gasteiger partial charge on any atom is 0.191 e. The molecule has 2 N–H and O–H groups in total. The highest BCUT2D eigenvalue weighted by molar-refractivity contribution is 5.79. The van der Waals surface area contributed by atoms with Gasteiger partial charge in [-0.3, -0.25) is 4.99 Å². The van der Waals surface area contributed by atoms with Crippen LogP contribution in [0.1, 0.15) is 50.4 Å². The summed E-state index contributed by atoms with van der Waals surface area (Å²) in [4.78, 5) is 8.50. The molecule has 6 nitrogen and oxygen atoms in total. The van der Waals surface area contributed by atoms with Gasteiger partial charge in [-0.25, -0.2) is 9.37 Å². The maximum atomic E-state index is 14.6. The van der Waals surface area contributed by atoms with E-state index in [1.54, 1.807) is 36.1 Å². The number of aryl methyl sites for hydroxylation is 1. The van der Waals surface area contributed by atoms with Gasteiger partial charge in [-0.15, -0.1) is 0 Å². The van der Waals surface area contributed by atoms with Crippen LogP contribution in [-0.2, 0) is 11.3 Å². The summed E-state index contributed by atoms with van der Waals surface area (Å²) in [5.41, 5.74) is 1.65. The maximum absolute atomic E-state index is 14.6. The van der Waals surface area contributed by atoms with Gasteiger partial charge in [-0.05, 0) is 56.2 Å². The Hall–Kier alpha value is -2.41. The fourth-order valence-corrected chi connectivity index (χ4v) is 4.24. The third-order valence-corrected chi connectivity index (χ3v) is 6.06. The molecule has 1 fully saturated rings. The molecule has 0 bridgehead atoms. The van der Waals surface area contributed by atoms with Crippen LogP contribution in [0.4, 0.5) is 4.39 Å². The van der Waals surface area contributed by atoms with Crippen LogP contribution in [0.25, 0.3) is 5.69 Å². The lowest BCUT2D eigenvalue weighted by Crippen LogP contribution is -2.43. The molecule has 1 aliphatic carbocycles. The molecule has 1 aromatic carbocycles. The lowest BCUT2D eigenvalue weighted by Gasteiger charge is -2.30. The van der Waals surface area contributed by atoms with Crippen molar-refractivity contribution in [3.63, 3.8) is 0 Å². The highest BCUT2D eigenvalue weighted by Gasteiger charge is 2.33. The van der Waals surface area contributed by atoms with Gasteiger partial charge in [0, 0.05) is 45.7 Å². The third kappa shape index (κ3) is 5.59. The molecule has 2 aromatic rings. The van der Waals surface area contributed by atoms with E-state index in [1.165, 1.54) is 25.7 Å². The molecule has 0 radical (unpaired) electrons. The number of guanidine groups is 1. The number of hydrogen-bond acceptors (Lipinski definition) is 3. The van der Waals surface area contributed by atoms with Gasteiger partial charge in [0.15, 0.2) is 5.96 Å². The molecule has 0 aliphatic heterocycles. The normalized spacial score (nSPS) is 16.1. The number of halogens is 1. The second-order valence-electron chi connectivity index (χ2n) is 8.06. The highest BCUT2D eigenvalue weighted by atomic mass is 19.1. The van der Waals surface area contributed by atoms with Gasteiger partial charge in [0.05, 0.1) is 5.69 Å². The number of rotatable bonds is 9. The van der Waals surface area contributed by atoms with Gasteiger partial charge in [0.25, 0.3) is 0 Å². The van der Waals surface area contributed by atoms with Crippen LogP contribution in [0.3, 0.4) is 0 Å². The van der Waals surface area contributed by atoms with E-state index < -0.39 is 0 Å². The first-order valence-corrected chi connectivity index (χ1v) is 10.9. The van der Waals surface area contributed by atoms with Gasteiger partial charge in [0.1, 0.15) is 11.6 Å². The summed E-state index contributed by atoms with van der Waals surface area (Å²) in [6.07, 6.45) is 9.52. The Morgan fingerprint density at radius 1 is 1.30 bits per heavy atom. The van der Waals surface area contributed by atoms with Crippen LogP contribution in [-0.4, -0.2) is 42.3 Å². The fourth-order valence-electron chi connectivity index (χ4n) is 4.24. The number of hydrogen-bond donors (Lipinski definition) is 2. The molecular formula is C23H34FN5O. The van der Waals surface area contributed by atoms with Crippen molar-refractivity contribution in [2.45, 2.75) is 52.5 Å². The van der Waals surface area contributed by atoms with Crippen molar-refractivity contribution in [3.8, 4) is 5.69 Å². The van der Waals surface area contributed by atoms with Crippen LogP contribution < -0.4 is 10.6 Å². The Labute approximate surface area is 179 Å². The van der Waals surface area contributed by atoms with E-state index in [2.05, 4.69) is 20.6 Å². The molecular weight excluding hydrogens is 381 g/mol. The Morgan fingerprint density at radius 2 is 2.10 bits per heavy atom. The van der Waals surface area contributed by atoms with E-state index in [-0.39, 0.29) is 11.2 Å².